The topological polar surface area (TPSA) is 30.2 Å². The zero-order valence-electron chi connectivity index (χ0n) is 11.4. The molecule has 1 fully saturated rings. The zero-order valence-corrected chi connectivity index (χ0v) is 12.9. The van der Waals surface area contributed by atoms with E-state index in [2.05, 4.69) is 26.9 Å². The number of benzene rings is 1. The number of aromatic nitrogens is 3. The van der Waals surface area contributed by atoms with Crippen LogP contribution < -0.4 is 0 Å². The van der Waals surface area contributed by atoms with Gasteiger partial charge in [0.2, 0.25) is 0 Å². The molecule has 106 valence electrons. The molecule has 21 heavy (non-hydrogen) atoms. The van der Waals surface area contributed by atoms with Crippen molar-refractivity contribution in [1.82, 2.24) is 14.6 Å². The van der Waals surface area contributed by atoms with Gasteiger partial charge < -0.3 is 0 Å². The lowest BCUT2D eigenvalue weighted by atomic mass is 9.85. The summed E-state index contributed by atoms with van der Waals surface area (Å²) in [5.74, 6) is 1.69. The lowest BCUT2D eigenvalue weighted by molar-refractivity contribution is 0.398. The van der Waals surface area contributed by atoms with E-state index in [0.717, 1.165) is 16.5 Å². The van der Waals surface area contributed by atoms with Crippen LogP contribution in [-0.2, 0) is 0 Å². The molecule has 0 radical (unpaired) electrons. The molecule has 1 aromatic carbocycles. The molecule has 3 aromatic rings. The zero-order chi connectivity index (χ0) is 14.2. The maximum absolute atomic E-state index is 5.93. The number of pyridine rings is 1. The van der Waals surface area contributed by atoms with Crippen molar-refractivity contribution >= 4 is 29.0 Å². The minimum atomic E-state index is 0.579. The summed E-state index contributed by atoms with van der Waals surface area (Å²) < 4.78 is 2.14. The van der Waals surface area contributed by atoms with E-state index in [4.69, 9.17) is 11.6 Å². The third-order valence-corrected chi connectivity index (χ3v) is 5.16. The Hall–Kier alpha value is -1.52. The fourth-order valence-corrected chi connectivity index (χ4v) is 3.50. The second-order valence-corrected chi connectivity index (χ2v) is 6.92. The van der Waals surface area contributed by atoms with E-state index in [-0.39, 0.29) is 0 Å². The molecule has 0 bridgehead atoms. The van der Waals surface area contributed by atoms with Crippen LogP contribution in [0.3, 0.4) is 0 Å². The van der Waals surface area contributed by atoms with Crippen molar-refractivity contribution in [3.63, 3.8) is 0 Å². The Balaban J connectivity index is 1.67. The summed E-state index contributed by atoms with van der Waals surface area (Å²) in [7, 11) is 0. The fraction of sp³-hybridized carbons (Fsp3) is 0.250. The smallest absolute Gasteiger partial charge is 0.160 e. The molecule has 0 N–H and O–H groups in total. The van der Waals surface area contributed by atoms with Crippen LogP contribution in [0.15, 0.2) is 52.4 Å². The highest BCUT2D eigenvalue weighted by molar-refractivity contribution is 7.99. The van der Waals surface area contributed by atoms with Gasteiger partial charge in [0, 0.05) is 26.9 Å². The molecule has 0 saturated heterocycles. The van der Waals surface area contributed by atoms with Crippen LogP contribution in [0.1, 0.15) is 31.0 Å². The normalized spacial score (nSPS) is 15.3. The van der Waals surface area contributed by atoms with Crippen LogP contribution >= 0.6 is 23.4 Å². The van der Waals surface area contributed by atoms with Gasteiger partial charge in [-0.3, -0.25) is 4.40 Å². The molecule has 0 atom stereocenters. The predicted molar refractivity (Wildman–Crippen MR) is 85.2 cm³/mol. The number of hydrogen-bond donors (Lipinski definition) is 0. The van der Waals surface area contributed by atoms with Gasteiger partial charge in [0.1, 0.15) is 5.82 Å². The third-order valence-electron chi connectivity index (χ3n) is 3.92. The Labute approximate surface area is 132 Å². The van der Waals surface area contributed by atoms with Crippen molar-refractivity contribution < 1.29 is 0 Å². The molecule has 1 aliphatic rings. The molecular weight excluding hydrogens is 302 g/mol. The van der Waals surface area contributed by atoms with Gasteiger partial charge in [-0.2, -0.15) is 0 Å². The van der Waals surface area contributed by atoms with E-state index >= 15 is 0 Å². The molecule has 1 saturated carbocycles. The van der Waals surface area contributed by atoms with Crippen LogP contribution in [0.2, 0.25) is 5.02 Å². The van der Waals surface area contributed by atoms with Gasteiger partial charge in [0.25, 0.3) is 0 Å². The Kier molecular flexibility index (Phi) is 3.36. The number of halogens is 1. The second kappa shape index (κ2) is 5.35. The van der Waals surface area contributed by atoms with Crippen LogP contribution in [0.5, 0.6) is 0 Å². The quantitative estimate of drug-likeness (QED) is 0.695. The van der Waals surface area contributed by atoms with E-state index in [9.17, 15) is 0 Å². The highest BCUT2D eigenvalue weighted by Gasteiger charge is 2.24. The minimum absolute atomic E-state index is 0.579. The summed E-state index contributed by atoms with van der Waals surface area (Å²) in [6.07, 6.45) is 5.91. The molecule has 0 amide bonds. The van der Waals surface area contributed by atoms with Gasteiger partial charge in [-0.05, 0) is 49.2 Å². The summed E-state index contributed by atoms with van der Waals surface area (Å²) in [5, 5.41) is 9.40. The Morgan fingerprint density at radius 3 is 2.48 bits per heavy atom. The van der Waals surface area contributed by atoms with Crippen molar-refractivity contribution in [2.24, 2.45) is 0 Å². The molecule has 1 aliphatic carbocycles. The summed E-state index contributed by atoms with van der Waals surface area (Å²) in [5.41, 5.74) is 0.928. The van der Waals surface area contributed by atoms with Gasteiger partial charge in [0.15, 0.2) is 5.65 Å². The molecule has 2 heterocycles. The molecule has 2 aromatic heterocycles. The van der Waals surface area contributed by atoms with Crippen molar-refractivity contribution in [2.75, 3.05) is 0 Å². The first-order valence-electron chi connectivity index (χ1n) is 7.08. The van der Waals surface area contributed by atoms with E-state index in [1.54, 1.807) is 11.8 Å². The average molecular weight is 316 g/mol. The van der Waals surface area contributed by atoms with Crippen molar-refractivity contribution in [1.29, 1.82) is 0 Å². The second-order valence-electron chi connectivity index (χ2n) is 5.34. The molecular formula is C16H14ClN3S. The van der Waals surface area contributed by atoms with Gasteiger partial charge in [-0.15, -0.1) is 10.2 Å². The number of nitrogens with zero attached hydrogens (tertiary/aromatic N) is 3. The third kappa shape index (κ3) is 2.54. The summed E-state index contributed by atoms with van der Waals surface area (Å²) >= 11 is 7.65. The first kappa shape index (κ1) is 13.2. The fourth-order valence-electron chi connectivity index (χ4n) is 2.53. The van der Waals surface area contributed by atoms with Crippen molar-refractivity contribution in [3.05, 3.63) is 53.4 Å². The summed E-state index contributed by atoms with van der Waals surface area (Å²) in [6, 6.07) is 12.0. The van der Waals surface area contributed by atoms with Gasteiger partial charge in [-0.1, -0.05) is 29.8 Å². The summed E-state index contributed by atoms with van der Waals surface area (Å²) in [6.45, 7) is 0. The molecule has 4 rings (SSSR count). The van der Waals surface area contributed by atoms with Crippen LogP contribution in [0, 0.1) is 0 Å². The number of hydrogen-bond acceptors (Lipinski definition) is 3. The first-order chi connectivity index (χ1) is 10.3. The Morgan fingerprint density at radius 2 is 1.76 bits per heavy atom. The number of rotatable bonds is 3. The Bertz CT molecular complexity index is 778. The van der Waals surface area contributed by atoms with Crippen LogP contribution in [0.25, 0.3) is 5.65 Å². The van der Waals surface area contributed by atoms with E-state index < -0.39 is 0 Å². The van der Waals surface area contributed by atoms with Crippen LogP contribution in [-0.4, -0.2) is 14.6 Å². The summed E-state index contributed by atoms with van der Waals surface area (Å²) in [4.78, 5) is 2.36. The minimum Gasteiger partial charge on any atom is -0.285 e. The molecule has 5 heteroatoms. The van der Waals surface area contributed by atoms with E-state index in [1.807, 2.05) is 30.3 Å². The van der Waals surface area contributed by atoms with Crippen LogP contribution in [0.4, 0.5) is 0 Å². The standard InChI is InChI=1S/C16H14ClN3S/c17-12-4-6-13(7-5-12)21-14-8-9-15-18-19-16(20(15)10-14)11-2-1-3-11/h4-11H,1-3H2. The average Bonchev–Trinajstić information content (AvgIpc) is 2.83. The first-order valence-corrected chi connectivity index (χ1v) is 8.27. The molecule has 0 spiro atoms. The predicted octanol–water partition coefficient (Wildman–Crippen LogP) is 4.80. The van der Waals surface area contributed by atoms with E-state index in [0.29, 0.717) is 5.92 Å². The van der Waals surface area contributed by atoms with Gasteiger partial charge in [0.05, 0.1) is 0 Å². The maximum atomic E-state index is 5.93. The number of fused-ring (bicyclic) bond motifs is 1. The highest BCUT2D eigenvalue weighted by Crippen LogP contribution is 2.36. The molecule has 0 unspecified atom stereocenters. The SMILES string of the molecule is Clc1ccc(Sc2ccc3nnc(C4CCC4)n3c2)cc1. The van der Waals surface area contributed by atoms with Crippen molar-refractivity contribution in [2.45, 2.75) is 35.0 Å². The lowest BCUT2D eigenvalue weighted by Gasteiger charge is -2.23. The van der Waals surface area contributed by atoms with Crippen molar-refractivity contribution in [3.8, 4) is 0 Å². The van der Waals surface area contributed by atoms with Gasteiger partial charge in [-0.25, -0.2) is 0 Å². The maximum Gasteiger partial charge on any atom is 0.160 e. The highest BCUT2D eigenvalue weighted by atomic mass is 35.5. The Morgan fingerprint density at radius 1 is 1.00 bits per heavy atom. The van der Waals surface area contributed by atoms with Gasteiger partial charge >= 0.3 is 0 Å². The monoisotopic (exact) mass is 315 g/mol. The van der Waals surface area contributed by atoms with E-state index in [1.165, 1.54) is 29.1 Å². The largest absolute Gasteiger partial charge is 0.285 e. The lowest BCUT2D eigenvalue weighted by Crippen LogP contribution is -2.12. The molecule has 3 nitrogen and oxygen atoms in total. The molecule has 0 aliphatic heterocycles.